The number of nitrogens with zero attached hydrogens (tertiary/aromatic N) is 2. The highest BCUT2D eigenvalue weighted by Crippen LogP contribution is 2.20. The van der Waals surface area contributed by atoms with Crippen molar-refractivity contribution in [3.8, 4) is 6.07 Å². The molecule has 1 unspecified atom stereocenters. The van der Waals surface area contributed by atoms with Gasteiger partial charge in [-0.1, -0.05) is 25.1 Å². The first-order valence-electron chi connectivity index (χ1n) is 5.46. The van der Waals surface area contributed by atoms with Crippen molar-refractivity contribution in [3.05, 3.63) is 35.4 Å². The zero-order valence-electron chi connectivity index (χ0n) is 9.31. The van der Waals surface area contributed by atoms with E-state index >= 15 is 0 Å². The molecule has 1 aliphatic rings. The lowest BCUT2D eigenvalue weighted by molar-refractivity contribution is -0.128. The van der Waals surface area contributed by atoms with E-state index < -0.39 is 0 Å². The Morgan fingerprint density at radius 1 is 1.50 bits per heavy atom. The predicted octanol–water partition coefficient (Wildman–Crippen LogP) is 1.93. The summed E-state index contributed by atoms with van der Waals surface area (Å²) in [5.41, 5.74) is 1.60. The summed E-state index contributed by atoms with van der Waals surface area (Å²) >= 11 is 0. The fourth-order valence-electron chi connectivity index (χ4n) is 2.10. The minimum Gasteiger partial charge on any atom is -0.338 e. The molecule has 1 aromatic rings. The zero-order chi connectivity index (χ0) is 11.5. The molecule has 1 saturated heterocycles. The van der Waals surface area contributed by atoms with Gasteiger partial charge in [-0.15, -0.1) is 0 Å². The summed E-state index contributed by atoms with van der Waals surface area (Å²) in [6.45, 7) is 3.44. The molecule has 1 aliphatic heterocycles. The number of carbonyl (C=O) groups excluding carboxylic acids is 1. The van der Waals surface area contributed by atoms with Crippen molar-refractivity contribution < 1.29 is 4.79 Å². The molecule has 1 heterocycles. The van der Waals surface area contributed by atoms with Crippen molar-refractivity contribution in [2.75, 3.05) is 6.54 Å². The maximum atomic E-state index is 11.6. The lowest BCUT2D eigenvalue weighted by atomic mass is 10.1. The SMILES string of the molecule is CC1CC(=O)N(Cc2ccccc2C#N)C1. The minimum absolute atomic E-state index is 0.195. The maximum Gasteiger partial charge on any atom is 0.223 e. The Morgan fingerprint density at radius 2 is 2.25 bits per heavy atom. The van der Waals surface area contributed by atoms with E-state index in [0.717, 1.165) is 12.1 Å². The molecule has 1 fully saturated rings. The molecule has 1 amide bonds. The Balaban J connectivity index is 2.16. The van der Waals surface area contributed by atoms with E-state index in [9.17, 15) is 4.79 Å². The largest absolute Gasteiger partial charge is 0.338 e. The first-order chi connectivity index (χ1) is 7.70. The van der Waals surface area contributed by atoms with Crippen LogP contribution in [0.4, 0.5) is 0 Å². The highest BCUT2D eigenvalue weighted by atomic mass is 16.2. The lowest BCUT2D eigenvalue weighted by Crippen LogP contribution is -2.24. The van der Waals surface area contributed by atoms with Crippen LogP contribution in [-0.4, -0.2) is 17.4 Å². The topological polar surface area (TPSA) is 44.1 Å². The lowest BCUT2D eigenvalue weighted by Gasteiger charge is -2.16. The van der Waals surface area contributed by atoms with Gasteiger partial charge in [-0.3, -0.25) is 4.79 Å². The first-order valence-corrected chi connectivity index (χ1v) is 5.46. The van der Waals surface area contributed by atoms with E-state index in [1.54, 1.807) is 6.07 Å². The molecule has 2 rings (SSSR count). The van der Waals surface area contributed by atoms with Gasteiger partial charge in [0.2, 0.25) is 5.91 Å². The number of hydrogen-bond acceptors (Lipinski definition) is 2. The monoisotopic (exact) mass is 214 g/mol. The van der Waals surface area contributed by atoms with Gasteiger partial charge in [-0.25, -0.2) is 0 Å². The van der Waals surface area contributed by atoms with Gasteiger partial charge >= 0.3 is 0 Å². The second kappa shape index (κ2) is 4.36. The molecule has 3 nitrogen and oxygen atoms in total. The van der Waals surface area contributed by atoms with E-state index in [-0.39, 0.29) is 5.91 Å². The third kappa shape index (κ3) is 2.06. The van der Waals surface area contributed by atoms with Crippen molar-refractivity contribution in [2.45, 2.75) is 19.9 Å². The van der Waals surface area contributed by atoms with Gasteiger partial charge in [0.1, 0.15) is 0 Å². The number of hydrogen-bond donors (Lipinski definition) is 0. The second-order valence-electron chi connectivity index (χ2n) is 4.35. The number of amides is 1. The quantitative estimate of drug-likeness (QED) is 0.755. The first kappa shape index (κ1) is 10.7. The van der Waals surface area contributed by atoms with Crippen LogP contribution in [0.1, 0.15) is 24.5 Å². The van der Waals surface area contributed by atoms with Crippen molar-refractivity contribution >= 4 is 5.91 Å². The summed E-state index contributed by atoms with van der Waals surface area (Å²) in [6.07, 6.45) is 0.634. The molecular weight excluding hydrogens is 200 g/mol. The molecule has 0 spiro atoms. The zero-order valence-corrected chi connectivity index (χ0v) is 9.31. The molecule has 0 aliphatic carbocycles. The standard InChI is InChI=1S/C13H14N2O/c1-10-6-13(16)15(8-10)9-12-5-3-2-4-11(12)7-14/h2-5,10H,6,8-9H2,1H3. The molecule has 0 saturated carbocycles. The van der Waals surface area contributed by atoms with E-state index in [0.29, 0.717) is 24.4 Å². The van der Waals surface area contributed by atoms with Gasteiger partial charge in [0.25, 0.3) is 0 Å². The normalized spacial score (nSPS) is 19.9. The molecular formula is C13H14N2O. The number of likely N-dealkylation sites (tertiary alicyclic amines) is 1. The molecule has 16 heavy (non-hydrogen) atoms. The van der Waals surface area contributed by atoms with Gasteiger partial charge < -0.3 is 4.90 Å². The van der Waals surface area contributed by atoms with E-state index in [1.165, 1.54) is 0 Å². The van der Waals surface area contributed by atoms with Gasteiger partial charge in [0, 0.05) is 19.5 Å². The summed E-state index contributed by atoms with van der Waals surface area (Å²) in [4.78, 5) is 13.5. The Bertz CT molecular complexity index is 447. The molecule has 82 valence electrons. The van der Waals surface area contributed by atoms with Gasteiger partial charge in [-0.05, 0) is 17.5 Å². The van der Waals surface area contributed by atoms with Crippen molar-refractivity contribution in [1.82, 2.24) is 4.90 Å². The third-order valence-corrected chi connectivity index (χ3v) is 2.91. The molecule has 0 bridgehead atoms. The summed E-state index contributed by atoms with van der Waals surface area (Å²) in [5.74, 6) is 0.627. The highest BCUT2D eigenvalue weighted by molar-refractivity contribution is 5.78. The van der Waals surface area contributed by atoms with Crippen LogP contribution < -0.4 is 0 Å². The van der Waals surface area contributed by atoms with Crippen LogP contribution in [0.25, 0.3) is 0 Å². The van der Waals surface area contributed by atoms with Crippen LogP contribution in [0.15, 0.2) is 24.3 Å². The Morgan fingerprint density at radius 3 is 2.88 bits per heavy atom. The maximum absolute atomic E-state index is 11.6. The number of nitriles is 1. The summed E-state index contributed by atoms with van der Waals surface area (Å²) < 4.78 is 0. The van der Waals surface area contributed by atoms with Crippen LogP contribution in [-0.2, 0) is 11.3 Å². The van der Waals surface area contributed by atoms with Gasteiger partial charge in [0.15, 0.2) is 0 Å². The second-order valence-corrected chi connectivity index (χ2v) is 4.35. The summed E-state index contributed by atoms with van der Waals surface area (Å²) in [5, 5.41) is 8.96. The Labute approximate surface area is 95.3 Å². The van der Waals surface area contributed by atoms with E-state index in [2.05, 4.69) is 13.0 Å². The fraction of sp³-hybridized carbons (Fsp3) is 0.385. The van der Waals surface area contributed by atoms with Crippen LogP contribution in [0.2, 0.25) is 0 Å². The average molecular weight is 214 g/mol. The summed E-state index contributed by atoms with van der Waals surface area (Å²) in [6, 6.07) is 9.61. The summed E-state index contributed by atoms with van der Waals surface area (Å²) in [7, 11) is 0. The fourth-order valence-corrected chi connectivity index (χ4v) is 2.10. The van der Waals surface area contributed by atoms with E-state index in [1.807, 2.05) is 23.1 Å². The molecule has 1 aromatic carbocycles. The molecule has 0 aromatic heterocycles. The van der Waals surface area contributed by atoms with Crippen LogP contribution in [0.3, 0.4) is 0 Å². The third-order valence-electron chi connectivity index (χ3n) is 2.91. The predicted molar refractivity (Wildman–Crippen MR) is 60.4 cm³/mol. The molecule has 0 radical (unpaired) electrons. The molecule has 1 atom stereocenters. The molecule has 3 heteroatoms. The smallest absolute Gasteiger partial charge is 0.223 e. The van der Waals surface area contributed by atoms with E-state index in [4.69, 9.17) is 5.26 Å². The van der Waals surface area contributed by atoms with Crippen molar-refractivity contribution in [1.29, 1.82) is 5.26 Å². The Hall–Kier alpha value is -1.82. The van der Waals surface area contributed by atoms with Crippen LogP contribution >= 0.6 is 0 Å². The van der Waals surface area contributed by atoms with Crippen molar-refractivity contribution in [2.24, 2.45) is 5.92 Å². The highest BCUT2D eigenvalue weighted by Gasteiger charge is 2.26. The minimum atomic E-state index is 0.195. The van der Waals surface area contributed by atoms with Crippen molar-refractivity contribution in [3.63, 3.8) is 0 Å². The number of rotatable bonds is 2. The van der Waals surface area contributed by atoms with Crippen LogP contribution in [0.5, 0.6) is 0 Å². The Kier molecular flexibility index (Phi) is 2.91. The number of carbonyl (C=O) groups is 1. The average Bonchev–Trinajstić information content (AvgIpc) is 2.58. The number of benzene rings is 1. The van der Waals surface area contributed by atoms with Gasteiger partial charge in [0.05, 0.1) is 11.6 Å². The molecule has 0 N–H and O–H groups in total. The van der Waals surface area contributed by atoms with Gasteiger partial charge in [-0.2, -0.15) is 5.26 Å². The van der Waals surface area contributed by atoms with Crippen LogP contribution in [0, 0.1) is 17.2 Å².